The molecule has 0 fully saturated rings. The van der Waals surface area contributed by atoms with E-state index < -0.39 is 3.42 Å². The lowest BCUT2D eigenvalue weighted by Crippen LogP contribution is -2.27. The third kappa shape index (κ3) is 7.50. The molecule has 0 atom stereocenters. The average molecular weight is 502 g/mol. The molecule has 0 aromatic rings. The molecule has 4 heteroatoms. The monoisotopic (exact) mass is 502 g/mol. The summed E-state index contributed by atoms with van der Waals surface area (Å²) < 4.78 is -0.864. The van der Waals surface area contributed by atoms with Gasteiger partial charge in [-0.3, -0.25) is 0 Å². The van der Waals surface area contributed by atoms with Gasteiger partial charge in [0.05, 0.1) is 3.42 Å². The molecular weight excluding hydrogens is 475 g/mol. The maximum absolute atomic E-state index is 9.76. The summed E-state index contributed by atoms with van der Waals surface area (Å²) in [5.41, 5.74) is 2.09. The van der Waals surface area contributed by atoms with Gasteiger partial charge in [-0.25, -0.2) is 0 Å². The number of hydrogen-bond acceptors (Lipinski definition) is 3. The van der Waals surface area contributed by atoms with Crippen molar-refractivity contribution in [2.45, 2.75) is 3.42 Å². The van der Waals surface area contributed by atoms with E-state index in [1.165, 1.54) is 36.5 Å². The van der Waals surface area contributed by atoms with Crippen molar-refractivity contribution in [1.82, 2.24) is 0 Å². The van der Waals surface area contributed by atoms with Crippen molar-refractivity contribution in [2.75, 3.05) is 0 Å². The van der Waals surface area contributed by atoms with E-state index in [4.69, 9.17) is 0 Å². The highest BCUT2D eigenvalue weighted by Gasteiger charge is 2.35. The number of aliphatic hydroxyl groups is 3. The molecule has 152 valence electrons. The van der Waals surface area contributed by atoms with Crippen LogP contribution >= 0.6 is 22.6 Å². The van der Waals surface area contributed by atoms with Gasteiger partial charge < -0.3 is 15.3 Å². The Morgan fingerprint density at radius 3 is 0.897 bits per heavy atom. The van der Waals surface area contributed by atoms with E-state index in [2.05, 4.69) is 62.1 Å². The third-order valence-electron chi connectivity index (χ3n) is 3.78. The zero-order valence-electron chi connectivity index (χ0n) is 16.4. The second-order valence-corrected chi connectivity index (χ2v) is 7.14. The number of allylic oxidation sites excluding steroid dienone is 15. The molecule has 0 aliphatic rings. The maximum Gasteiger partial charge on any atom is 0.114 e. The van der Waals surface area contributed by atoms with Crippen molar-refractivity contribution in [3.8, 4) is 0 Å². The number of alkyl halides is 1. The fourth-order valence-electron chi connectivity index (χ4n) is 2.20. The smallest absolute Gasteiger partial charge is 0.114 e. The Bertz CT molecular complexity index is 746. The molecule has 0 rings (SSSR count). The lowest BCUT2D eigenvalue weighted by atomic mass is 9.82. The molecule has 0 radical (unpaired) electrons. The van der Waals surface area contributed by atoms with E-state index in [1.54, 1.807) is 36.5 Å². The standard InChI is InChI=1S/C25H27IO3/c1-7-19(13-16-22(27)10-4)25(26,20(8-2)14-17-23(28)11-5)21(9-3)15-18-24(29)12-6/h7-18,27-29H,1-6H2/b19-13+,20-14+,21-15+,22-16+,23-17+,24-18+. The Morgan fingerprint density at radius 2 is 0.724 bits per heavy atom. The highest BCUT2D eigenvalue weighted by molar-refractivity contribution is 14.1. The molecule has 0 heterocycles. The molecule has 0 amide bonds. The van der Waals surface area contributed by atoms with Gasteiger partial charge in [-0.15, -0.1) is 0 Å². The first-order chi connectivity index (χ1) is 13.7. The third-order valence-corrected chi connectivity index (χ3v) is 5.65. The molecular formula is C25H27IO3. The molecule has 0 aromatic carbocycles. The highest BCUT2D eigenvalue weighted by atomic mass is 127. The molecule has 29 heavy (non-hydrogen) atoms. The van der Waals surface area contributed by atoms with Crippen LogP contribution in [0.15, 0.2) is 146 Å². The van der Waals surface area contributed by atoms with E-state index in [0.717, 1.165) is 0 Å². The van der Waals surface area contributed by atoms with Crippen LogP contribution in [0.4, 0.5) is 0 Å². The second kappa shape index (κ2) is 13.2. The van der Waals surface area contributed by atoms with Gasteiger partial charge in [-0.05, 0) is 53.2 Å². The van der Waals surface area contributed by atoms with E-state index in [0.29, 0.717) is 16.7 Å². The minimum Gasteiger partial charge on any atom is -0.508 e. The predicted molar refractivity (Wildman–Crippen MR) is 134 cm³/mol. The Hall–Kier alpha value is -2.99. The van der Waals surface area contributed by atoms with Gasteiger partial charge >= 0.3 is 0 Å². The Labute approximate surface area is 187 Å². The number of aliphatic hydroxyl groups excluding tert-OH is 3. The van der Waals surface area contributed by atoms with Crippen LogP contribution in [0.1, 0.15) is 0 Å². The topological polar surface area (TPSA) is 60.7 Å². The van der Waals surface area contributed by atoms with Crippen LogP contribution in [0, 0.1) is 0 Å². The Kier molecular flexibility index (Phi) is 11.9. The summed E-state index contributed by atoms with van der Waals surface area (Å²) in [4.78, 5) is 0. The van der Waals surface area contributed by atoms with Crippen molar-refractivity contribution < 1.29 is 15.3 Å². The minimum atomic E-state index is -0.864. The van der Waals surface area contributed by atoms with E-state index in [1.807, 2.05) is 0 Å². The summed E-state index contributed by atoms with van der Waals surface area (Å²) in [5.74, 6) is -0.0284. The summed E-state index contributed by atoms with van der Waals surface area (Å²) in [7, 11) is 0. The maximum atomic E-state index is 9.76. The SMILES string of the molecule is C=C/C(O)=C\C=C(/C=C)C(I)(/C(C=C)=C/C=C(/O)C=C)/C(C=C)=C/C=C(/O)C=C. The van der Waals surface area contributed by atoms with Crippen LogP contribution in [0.5, 0.6) is 0 Å². The van der Waals surface area contributed by atoms with Crippen molar-refractivity contribution >= 4 is 22.6 Å². The van der Waals surface area contributed by atoms with E-state index in [9.17, 15) is 15.3 Å². The summed E-state index contributed by atoms with van der Waals surface area (Å²) in [6.07, 6.45) is 18.4. The summed E-state index contributed by atoms with van der Waals surface area (Å²) in [6, 6.07) is 0. The van der Waals surface area contributed by atoms with Gasteiger partial charge in [0.2, 0.25) is 0 Å². The minimum absolute atomic E-state index is 0.00948. The number of halogens is 1. The van der Waals surface area contributed by atoms with Crippen LogP contribution in [-0.4, -0.2) is 18.7 Å². The largest absolute Gasteiger partial charge is 0.508 e. The van der Waals surface area contributed by atoms with Crippen molar-refractivity contribution in [2.24, 2.45) is 0 Å². The van der Waals surface area contributed by atoms with Crippen LogP contribution in [-0.2, 0) is 0 Å². The lowest BCUT2D eigenvalue weighted by molar-refractivity contribution is 0.432. The molecule has 0 unspecified atom stereocenters. The molecule has 0 aromatic heterocycles. The van der Waals surface area contributed by atoms with Crippen LogP contribution in [0.25, 0.3) is 0 Å². The molecule has 3 nitrogen and oxygen atoms in total. The van der Waals surface area contributed by atoms with Gasteiger partial charge in [-0.1, -0.05) is 98.5 Å². The fraction of sp³-hybridized carbons (Fsp3) is 0.0400. The highest BCUT2D eigenvalue weighted by Crippen LogP contribution is 2.44. The second-order valence-electron chi connectivity index (χ2n) is 5.52. The van der Waals surface area contributed by atoms with E-state index >= 15 is 0 Å². The Morgan fingerprint density at radius 1 is 0.483 bits per heavy atom. The van der Waals surface area contributed by atoms with Gasteiger partial charge in [-0.2, -0.15) is 0 Å². The van der Waals surface area contributed by atoms with Crippen molar-refractivity contribution in [1.29, 1.82) is 0 Å². The van der Waals surface area contributed by atoms with Gasteiger partial charge in [0.15, 0.2) is 0 Å². The molecule has 0 aliphatic heterocycles. The Balaban J connectivity index is 7.10. The van der Waals surface area contributed by atoms with E-state index in [-0.39, 0.29) is 17.3 Å². The van der Waals surface area contributed by atoms with Crippen LogP contribution in [0.3, 0.4) is 0 Å². The zero-order valence-corrected chi connectivity index (χ0v) is 18.5. The van der Waals surface area contributed by atoms with Gasteiger partial charge in [0, 0.05) is 0 Å². The summed E-state index contributed by atoms with van der Waals surface area (Å²) >= 11 is 2.21. The molecule has 3 N–H and O–H groups in total. The fourth-order valence-corrected chi connectivity index (χ4v) is 3.40. The quantitative estimate of drug-likeness (QED) is 0.113. The molecule has 0 saturated heterocycles. The van der Waals surface area contributed by atoms with Crippen LogP contribution in [0.2, 0.25) is 0 Å². The zero-order chi connectivity index (χ0) is 22.4. The van der Waals surface area contributed by atoms with Gasteiger partial charge in [0.25, 0.3) is 0 Å². The first kappa shape index (κ1) is 26.0. The predicted octanol–water partition coefficient (Wildman–Crippen LogP) is 7.38. The molecule has 0 spiro atoms. The normalized spacial score (nSPS) is 14.8. The number of hydrogen-bond donors (Lipinski definition) is 3. The summed E-state index contributed by atoms with van der Waals surface area (Å²) in [5, 5.41) is 29.3. The first-order valence-electron chi connectivity index (χ1n) is 8.52. The van der Waals surface area contributed by atoms with Gasteiger partial charge in [0.1, 0.15) is 17.3 Å². The molecule has 0 saturated carbocycles. The van der Waals surface area contributed by atoms with Crippen molar-refractivity contribution in [3.63, 3.8) is 0 Å². The molecule has 0 bridgehead atoms. The molecule has 0 aliphatic carbocycles. The first-order valence-corrected chi connectivity index (χ1v) is 9.60. The van der Waals surface area contributed by atoms with Crippen LogP contribution < -0.4 is 0 Å². The van der Waals surface area contributed by atoms with Crippen molar-refractivity contribution in [3.05, 3.63) is 146 Å². The summed E-state index contributed by atoms with van der Waals surface area (Å²) in [6.45, 7) is 22.3. The number of rotatable bonds is 12. The average Bonchev–Trinajstić information content (AvgIpc) is 2.73. The lowest BCUT2D eigenvalue weighted by Gasteiger charge is -2.32.